The van der Waals surface area contributed by atoms with Crippen molar-refractivity contribution < 1.29 is 23.9 Å². The zero-order valence-electron chi connectivity index (χ0n) is 14.4. The van der Waals surface area contributed by atoms with Crippen molar-refractivity contribution in [1.29, 1.82) is 0 Å². The van der Waals surface area contributed by atoms with Crippen molar-refractivity contribution in [2.24, 2.45) is 5.41 Å². The van der Waals surface area contributed by atoms with E-state index in [1.165, 1.54) is 11.3 Å². The maximum absolute atomic E-state index is 12.8. The van der Waals surface area contributed by atoms with Crippen LogP contribution in [-0.4, -0.2) is 54.2 Å². The van der Waals surface area contributed by atoms with Gasteiger partial charge in [0, 0.05) is 30.8 Å². The molecule has 8 heteroatoms. The summed E-state index contributed by atoms with van der Waals surface area (Å²) in [5, 5.41) is 5.41. The third-order valence-corrected chi connectivity index (χ3v) is 5.61. The summed E-state index contributed by atoms with van der Waals surface area (Å²) in [7, 11) is 0. The number of hydrazine groups is 1. The van der Waals surface area contributed by atoms with Gasteiger partial charge in [-0.2, -0.15) is 0 Å². The van der Waals surface area contributed by atoms with Gasteiger partial charge in [0.05, 0.1) is 19.3 Å². The van der Waals surface area contributed by atoms with Gasteiger partial charge in [0.2, 0.25) is 5.91 Å². The topological polar surface area (TPSA) is 76.2 Å². The lowest BCUT2D eigenvalue weighted by Crippen LogP contribution is -2.60. The number of thiophene rings is 1. The zero-order chi connectivity index (χ0) is 18.0. The summed E-state index contributed by atoms with van der Waals surface area (Å²) >= 11 is 1.51. The quantitative estimate of drug-likeness (QED) is 0.584. The van der Waals surface area contributed by atoms with Crippen molar-refractivity contribution in [3.8, 4) is 0 Å². The molecule has 0 bridgehead atoms. The lowest BCUT2D eigenvalue weighted by Gasteiger charge is -2.46. The monoisotopic (exact) mass is 366 g/mol. The number of nitrogens with zero attached hydrogens (tertiary/aromatic N) is 2. The van der Waals surface area contributed by atoms with Crippen LogP contribution in [0.2, 0.25) is 0 Å². The maximum atomic E-state index is 12.8. The minimum absolute atomic E-state index is 0.0136. The number of rotatable bonds is 5. The van der Waals surface area contributed by atoms with Crippen molar-refractivity contribution in [1.82, 2.24) is 10.0 Å². The van der Waals surface area contributed by atoms with Gasteiger partial charge < -0.3 is 9.47 Å². The Hall–Kier alpha value is -1.93. The number of amides is 1. The summed E-state index contributed by atoms with van der Waals surface area (Å²) in [5.41, 5.74) is -1.41. The first kappa shape index (κ1) is 17.9. The summed E-state index contributed by atoms with van der Waals surface area (Å²) in [6.45, 7) is 4.39. The molecule has 1 aromatic rings. The molecule has 0 saturated carbocycles. The van der Waals surface area contributed by atoms with Crippen LogP contribution >= 0.6 is 11.3 Å². The summed E-state index contributed by atoms with van der Waals surface area (Å²) in [6, 6.07) is 3.46. The van der Waals surface area contributed by atoms with Crippen molar-refractivity contribution in [3.05, 3.63) is 22.4 Å². The Morgan fingerprint density at radius 3 is 2.52 bits per heavy atom. The molecule has 25 heavy (non-hydrogen) atoms. The molecule has 2 aliphatic heterocycles. The van der Waals surface area contributed by atoms with Crippen LogP contribution in [0.3, 0.4) is 0 Å². The molecule has 0 N–H and O–H groups in total. The average molecular weight is 366 g/mol. The average Bonchev–Trinajstić information content (AvgIpc) is 3.25. The number of fused-ring (bicyclic) bond motifs is 1. The summed E-state index contributed by atoms with van der Waals surface area (Å²) in [6.07, 6.45) is 0.553. The van der Waals surface area contributed by atoms with E-state index in [4.69, 9.17) is 9.47 Å². The summed E-state index contributed by atoms with van der Waals surface area (Å²) in [5.74, 6) is -1.14. The SMILES string of the molecule is CCOC(=O)C1(C(=O)OCC)CC(c2cccs2)N2C(=O)CCN2C1. The van der Waals surface area contributed by atoms with Crippen LogP contribution in [0.4, 0.5) is 0 Å². The largest absolute Gasteiger partial charge is 0.465 e. The number of carbonyl (C=O) groups excluding carboxylic acids is 3. The van der Waals surface area contributed by atoms with E-state index in [0.29, 0.717) is 13.0 Å². The number of esters is 2. The fraction of sp³-hybridized carbons (Fsp3) is 0.588. The molecule has 7 nitrogen and oxygen atoms in total. The second kappa shape index (κ2) is 7.13. The predicted molar refractivity (Wildman–Crippen MR) is 90.4 cm³/mol. The highest BCUT2D eigenvalue weighted by Crippen LogP contribution is 2.46. The van der Waals surface area contributed by atoms with Gasteiger partial charge in [-0.15, -0.1) is 11.3 Å². The fourth-order valence-electron chi connectivity index (χ4n) is 3.54. The van der Waals surface area contributed by atoms with Crippen LogP contribution in [0, 0.1) is 5.41 Å². The molecule has 2 aliphatic rings. The second-order valence-electron chi connectivity index (χ2n) is 6.13. The molecular weight excluding hydrogens is 344 g/mol. The number of hydrogen-bond donors (Lipinski definition) is 0. The predicted octanol–water partition coefficient (Wildman–Crippen LogP) is 1.75. The number of carbonyl (C=O) groups is 3. The molecule has 3 heterocycles. The third kappa shape index (κ3) is 3.04. The minimum Gasteiger partial charge on any atom is -0.465 e. The van der Waals surface area contributed by atoms with Crippen LogP contribution in [0.15, 0.2) is 17.5 Å². The highest BCUT2D eigenvalue weighted by Gasteiger charge is 2.58. The molecule has 2 saturated heterocycles. The normalized spacial score (nSPS) is 22.6. The van der Waals surface area contributed by atoms with E-state index in [1.54, 1.807) is 23.9 Å². The molecule has 0 aromatic carbocycles. The van der Waals surface area contributed by atoms with Gasteiger partial charge in [-0.25, -0.2) is 5.01 Å². The lowest BCUT2D eigenvalue weighted by atomic mass is 9.78. The van der Waals surface area contributed by atoms with Gasteiger partial charge in [0.25, 0.3) is 0 Å². The van der Waals surface area contributed by atoms with Crippen LogP contribution < -0.4 is 0 Å². The molecule has 0 aliphatic carbocycles. The second-order valence-corrected chi connectivity index (χ2v) is 7.11. The van der Waals surface area contributed by atoms with Crippen molar-refractivity contribution >= 4 is 29.2 Å². The highest BCUT2D eigenvalue weighted by atomic mass is 32.1. The first-order valence-electron chi connectivity index (χ1n) is 8.48. The molecule has 0 radical (unpaired) electrons. The van der Waals surface area contributed by atoms with Crippen LogP contribution in [0.1, 0.15) is 37.6 Å². The zero-order valence-corrected chi connectivity index (χ0v) is 15.2. The third-order valence-electron chi connectivity index (χ3n) is 4.64. The van der Waals surface area contributed by atoms with E-state index in [2.05, 4.69) is 0 Å². The molecule has 0 spiro atoms. The van der Waals surface area contributed by atoms with Gasteiger partial charge in [0.15, 0.2) is 5.41 Å². The summed E-state index contributed by atoms with van der Waals surface area (Å²) in [4.78, 5) is 38.9. The highest BCUT2D eigenvalue weighted by molar-refractivity contribution is 7.10. The standard InChI is InChI=1S/C17H22N2O5S/c1-3-23-15(21)17(16(22)24-4-2)10-12(13-6-5-9-25-13)19-14(20)7-8-18(19)11-17/h5-6,9,12H,3-4,7-8,10-11H2,1-2H3. The lowest BCUT2D eigenvalue weighted by molar-refractivity contribution is -0.192. The van der Waals surface area contributed by atoms with Crippen LogP contribution in [0.25, 0.3) is 0 Å². The number of hydrogen-bond acceptors (Lipinski definition) is 7. The summed E-state index contributed by atoms with van der Waals surface area (Å²) < 4.78 is 10.5. The maximum Gasteiger partial charge on any atom is 0.324 e. The van der Waals surface area contributed by atoms with E-state index in [-0.39, 0.29) is 38.1 Å². The molecule has 1 amide bonds. The van der Waals surface area contributed by atoms with Gasteiger partial charge in [-0.05, 0) is 25.3 Å². The first-order chi connectivity index (χ1) is 12.0. The van der Waals surface area contributed by atoms with Crippen LogP contribution in [-0.2, 0) is 23.9 Å². The molecule has 136 valence electrons. The van der Waals surface area contributed by atoms with Crippen molar-refractivity contribution in [2.75, 3.05) is 26.3 Å². The van der Waals surface area contributed by atoms with E-state index in [0.717, 1.165) is 4.88 Å². The molecule has 2 fully saturated rings. The molecule has 1 atom stereocenters. The van der Waals surface area contributed by atoms with Crippen molar-refractivity contribution in [2.45, 2.75) is 32.7 Å². The molecular formula is C17H22N2O5S. The van der Waals surface area contributed by atoms with E-state index in [1.807, 2.05) is 17.5 Å². The van der Waals surface area contributed by atoms with E-state index in [9.17, 15) is 14.4 Å². The Labute approximate surface area is 150 Å². The van der Waals surface area contributed by atoms with E-state index < -0.39 is 17.4 Å². The first-order valence-corrected chi connectivity index (χ1v) is 9.36. The van der Waals surface area contributed by atoms with Gasteiger partial charge in [-0.1, -0.05) is 6.07 Å². The Kier molecular flexibility index (Phi) is 5.10. The Morgan fingerprint density at radius 1 is 1.28 bits per heavy atom. The Bertz CT molecular complexity index is 642. The van der Waals surface area contributed by atoms with Gasteiger partial charge in [0.1, 0.15) is 0 Å². The van der Waals surface area contributed by atoms with Crippen molar-refractivity contribution in [3.63, 3.8) is 0 Å². The molecule has 1 aromatic heterocycles. The van der Waals surface area contributed by atoms with Gasteiger partial charge in [-0.3, -0.25) is 19.4 Å². The number of ether oxygens (including phenoxy) is 2. The molecule has 1 unspecified atom stereocenters. The Morgan fingerprint density at radius 2 is 1.96 bits per heavy atom. The smallest absolute Gasteiger partial charge is 0.324 e. The molecule has 3 rings (SSSR count). The fourth-order valence-corrected chi connectivity index (χ4v) is 4.35. The minimum atomic E-state index is -1.41. The van der Waals surface area contributed by atoms with E-state index >= 15 is 0 Å². The Balaban J connectivity index is 2.02. The van der Waals surface area contributed by atoms with Crippen LogP contribution in [0.5, 0.6) is 0 Å². The van der Waals surface area contributed by atoms with Gasteiger partial charge >= 0.3 is 11.9 Å².